The second-order valence-electron chi connectivity index (χ2n) is 6.94. The first-order valence-electron chi connectivity index (χ1n) is 8.88. The van der Waals surface area contributed by atoms with Crippen LogP contribution in [0.25, 0.3) is 0 Å². The molecule has 2 aromatic rings. The van der Waals surface area contributed by atoms with Crippen molar-refractivity contribution in [1.29, 1.82) is 0 Å². The molecule has 1 aliphatic heterocycles. The third kappa shape index (κ3) is 5.06. The lowest BCUT2D eigenvalue weighted by Gasteiger charge is -2.17. The third-order valence-corrected chi connectivity index (χ3v) is 4.71. The van der Waals surface area contributed by atoms with E-state index < -0.39 is 0 Å². The Labute approximate surface area is 149 Å². The van der Waals surface area contributed by atoms with Gasteiger partial charge in [-0.1, -0.05) is 37.3 Å². The van der Waals surface area contributed by atoms with Crippen molar-refractivity contribution in [2.45, 2.75) is 25.9 Å². The van der Waals surface area contributed by atoms with Crippen molar-refractivity contribution in [3.63, 3.8) is 0 Å². The summed E-state index contributed by atoms with van der Waals surface area (Å²) < 4.78 is 1.77. The van der Waals surface area contributed by atoms with Crippen LogP contribution in [0.5, 0.6) is 0 Å². The van der Waals surface area contributed by atoms with Crippen molar-refractivity contribution >= 4 is 6.03 Å². The van der Waals surface area contributed by atoms with Gasteiger partial charge in [-0.05, 0) is 23.5 Å². The Kier molecular flexibility index (Phi) is 5.71. The lowest BCUT2D eigenvalue weighted by Crippen LogP contribution is -2.45. The van der Waals surface area contributed by atoms with Crippen LogP contribution in [0, 0.1) is 5.92 Å². The molecule has 0 saturated carbocycles. The number of rotatable bonds is 6. The van der Waals surface area contributed by atoms with Crippen LogP contribution in [-0.2, 0) is 20.0 Å². The summed E-state index contributed by atoms with van der Waals surface area (Å²) in [6.45, 7) is 5.66. The summed E-state index contributed by atoms with van der Waals surface area (Å²) in [7, 11) is 1.90. The van der Waals surface area contributed by atoms with E-state index in [4.69, 9.17) is 0 Å². The second-order valence-corrected chi connectivity index (χ2v) is 6.94. The Bertz CT molecular complexity index is 684. The fourth-order valence-electron chi connectivity index (χ4n) is 3.37. The molecule has 0 radical (unpaired) electrons. The standard InChI is InChI=1S/C19H27N5O/c1-15-11-24(13-16-6-4-3-5-7-16)14-18(15)22-19(25)20-9-8-17-10-21-23(2)12-17/h3-7,10,12,15,18H,8-9,11,13-14H2,1-2H3,(H2,20,22,25)/t15-,18+/m1/s1. The quantitative estimate of drug-likeness (QED) is 0.842. The van der Waals surface area contributed by atoms with Gasteiger partial charge in [0.1, 0.15) is 0 Å². The molecule has 2 heterocycles. The molecule has 25 heavy (non-hydrogen) atoms. The minimum absolute atomic E-state index is 0.0812. The zero-order valence-electron chi connectivity index (χ0n) is 15.0. The van der Waals surface area contributed by atoms with E-state index >= 15 is 0 Å². The highest BCUT2D eigenvalue weighted by Gasteiger charge is 2.30. The zero-order valence-corrected chi connectivity index (χ0v) is 15.0. The summed E-state index contributed by atoms with van der Waals surface area (Å²) in [6.07, 6.45) is 4.60. The maximum atomic E-state index is 12.1. The largest absolute Gasteiger partial charge is 0.338 e. The summed E-state index contributed by atoms with van der Waals surface area (Å²) in [5.74, 6) is 0.452. The maximum absolute atomic E-state index is 12.1. The number of nitrogens with zero attached hydrogens (tertiary/aromatic N) is 3. The van der Waals surface area contributed by atoms with Crippen LogP contribution in [-0.4, -0.2) is 46.4 Å². The first kappa shape index (κ1) is 17.5. The number of amides is 2. The number of aromatic nitrogens is 2. The Balaban J connectivity index is 1.40. The number of carbonyl (C=O) groups is 1. The molecule has 6 heteroatoms. The van der Waals surface area contributed by atoms with Gasteiger partial charge >= 0.3 is 6.03 Å². The first-order valence-corrected chi connectivity index (χ1v) is 8.88. The highest BCUT2D eigenvalue weighted by atomic mass is 16.2. The zero-order chi connectivity index (χ0) is 17.6. The molecular weight excluding hydrogens is 314 g/mol. The molecule has 1 aromatic heterocycles. The SMILES string of the molecule is C[C@@H]1CN(Cc2ccccc2)C[C@@H]1NC(=O)NCCc1cnn(C)c1. The molecular formula is C19H27N5O. The molecule has 3 rings (SSSR count). The fourth-order valence-corrected chi connectivity index (χ4v) is 3.37. The van der Waals surface area contributed by atoms with Crippen LogP contribution in [0.4, 0.5) is 4.79 Å². The van der Waals surface area contributed by atoms with E-state index in [1.54, 1.807) is 4.68 Å². The molecule has 2 N–H and O–H groups in total. The third-order valence-electron chi connectivity index (χ3n) is 4.71. The van der Waals surface area contributed by atoms with Crippen LogP contribution in [0.2, 0.25) is 0 Å². The number of hydrogen-bond acceptors (Lipinski definition) is 3. The van der Waals surface area contributed by atoms with E-state index in [0.717, 1.165) is 31.6 Å². The summed E-state index contributed by atoms with van der Waals surface area (Å²) in [6, 6.07) is 10.6. The Hall–Kier alpha value is -2.34. The minimum Gasteiger partial charge on any atom is -0.338 e. The van der Waals surface area contributed by atoms with Gasteiger partial charge in [-0.3, -0.25) is 9.58 Å². The van der Waals surface area contributed by atoms with E-state index in [9.17, 15) is 4.79 Å². The van der Waals surface area contributed by atoms with Gasteiger partial charge in [0.2, 0.25) is 0 Å². The number of aryl methyl sites for hydroxylation is 1. The van der Waals surface area contributed by atoms with Gasteiger partial charge in [-0.25, -0.2) is 4.79 Å². The van der Waals surface area contributed by atoms with E-state index in [0.29, 0.717) is 12.5 Å². The summed E-state index contributed by atoms with van der Waals surface area (Å²) in [4.78, 5) is 14.5. The number of carbonyl (C=O) groups excluding carboxylic acids is 1. The number of benzene rings is 1. The van der Waals surface area contributed by atoms with Gasteiger partial charge in [0, 0.05) is 45.5 Å². The molecule has 0 bridgehead atoms. The van der Waals surface area contributed by atoms with E-state index in [-0.39, 0.29) is 12.1 Å². The van der Waals surface area contributed by atoms with E-state index in [1.165, 1.54) is 5.56 Å². The number of nitrogens with one attached hydrogen (secondary N) is 2. The Morgan fingerprint density at radius 2 is 2.04 bits per heavy atom. The molecule has 1 aromatic carbocycles. The minimum atomic E-state index is -0.0812. The van der Waals surface area contributed by atoms with Gasteiger partial charge in [0.25, 0.3) is 0 Å². The normalized spacial score (nSPS) is 20.6. The highest BCUT2D eigenvalue weighted by molar-refractivity contribution is 5.74. The average Bonchev–Trinajstić information content (AvgIpc) is 3.14. The maximum Gasteiger partial charge on any atom is 0.315 e. The molecule has 1 fully saturated rings. The predicted octanol–water partition coefficient (Wildman–Crippen LogP) is 1.78. The Morgan fingerprint density at radius 1 is 1.24 bits per heavy atom. The topological polar surface area (TPSA) is 62.2 Å². The highest BCUT2D eigenvalue weighted by Crippen LogP contribution is 2.18. The predicted molar refractivity (Wildman–Crippen MR) is 98.1 cm³/mol. The van der Waals surface area contributed by atoms with Crippen molar-refractivity contribution in [1.82, 2.24) is 25.3 Å². The van der Waals surface area contributed by atoms with Gasteiger partial charge in [-0.2, -0.15) is 5.10 Å². The van der Waals surface area contributed by atoms with Crippen LogP contribution in [0.1, 0.15) is 18.1 Å². The van der Waals surface area contributed by atoms with Crippen LogP contribution >= 0.6 is 0 Å². The molecule has 2 atom stereocenters. The molecule has 1 aliphatic rings. The van der Waals surface area contributed by atoms with Crippen molar-refractivity contribution in [2.75, 3.05) is 19.6 Å². The lowest BCUT2D eigenvalue weighted by molar-refractivity contribution is 0.234. The van der Waals surface area contributed by atoms with Gasteiger partial charge in [-0.15, -0.1) is 0 Å². The molecule has 0 unspecified atom stereocenters. The monoisotopic (exact) mass is 341 g/mol. The number of hydrogen-bond donors (Lipinski definition) is 2. The van der Waals surface area contributed by atoms with Gasteiger partial charge in [0.05, 0.1) is 6.20 Å². The molecule has 0 spiro atoms. The summed E-state index contributed by atoms with van der Waals surface area (Å²) in [5, 5.41) is 10.2. The van der Waals surface area contributed by atoms with Crippen molar-refractivity contribution in [3.05, 3.63) is 53.9 Å². The number of likely N-dealkylation sites (tertiary alicyclic amines) is 1. The number of urea groups is 1. The van der Waals surface area contributed by atoms with Gasteiger partial charge < -0.3 is 10.6 Å². The Morgan fingerprint density at radius 3 is 2.76 bits per heavy atom. The van der Waals surface area contributed by atoms with Crippen molar-refractivity contribution < 1.29 is 4.79 Å². The van der Waals surface area contributed by atoms with Crippen molar-refractivity contribution in [3.8, 4) is 0 Å². The van der Waals surface area contributed by atoms with E-state index in [1.807, 2.05) is 25.5 Å². The van der Waals surface area contributed by atoms with E-state index in [2.05, 4.69) is 51.8 Å². The van der Waals surface area contributed by atoms with Crippen LogP contribution in [0.3, 0.4) is 0 Å². The second kappa shape index (κ2) is 8.16. The first-order chi connectivity index (χ1) is 12.1. The molecule has 134 valence electrons. The summed E-state index contributed by atoms with van der Waals surface area (Å²) in [5.41, 5.74) is 2.45. The molecule has 2 amide bonds. The molecule has 6 nitrogen and oxygen atoms in total. The average molecular weight is 341 g/mol. The van der Waals surface area contributed by atoms with Crippen LogP contribution in [0.15, 0.2) is 42.7 Å². The lowest BCUT2D eigenvalue weighted by atomic mass is 10.1. The fraction of sp³-hybridized carbons (Fsp3) is 0.474. The smallest absolute Gasteiger partial charge is 0.315 e. The molecule has 1 saturated heterocycles. The van der Waals surface area contributed by atoms with Crippen molar-refractivity contribution in [2.24, 2.45) is 13.0 Å². The summed E-state index contributed by atoms with van der Waals surface area (Å²) >= 11 is 0. The molecule has 0 aliphatic carbocycles. The van der Waals surface area contributed by atoms with Crippen LogP contribution < -0.4 is 10.6 Å². The van der Waals surface area contributed by atoms with Gasteiger partial charge in [0.15, 0.2) is 0 Å².